The molecule has 0 heterocycles. The molecule has 1 aromatic rings. The van der Waals surface area contributed by atoms with Gasteiger partial charge in [0.05, 0.1) is 24.8 Å². The Bertz CT molecular complexity index is 402. The number of methoxy groups -OCH3 is 1. The van der Waals surface area contributed by atoms with E-state index in [0.29, 0.717) is 41.9 Å². The van der Waals surface area contributed by atoms with E-state index in [-0.39, 0.29) is 0 Å². The Morgan fingerprint density at radius 3 is 2.78 bits per heavy atom. The van der Waals surface area contributed by atoms with Gasteiger partial charge in [0.15, 0.2) is 0 Å². The minimum absolute atomic E-state index is 0.300. The van der Waals surface area contributed by atoms with Gasteiger partial charge in [-0.1, -0.05) is 23.8 Å². The van der Waals surface area contributed by atoms with E-state index in [1.54, 1.807) is 19.2 Å². The van der Waals surface area contributed by atoms with Crippen LogP contribution in [-0.4, -0.2) is 38.5 Å². The zero-order valence-electron chi connectivity index (χ0n) is 10.2. The molecule has 0 atom stereocenters. The summed E-state index contributed by atoms with van der Waals surface area (Å²) in [6.45, 7) is 2.51. The van der Waals surface area contributed by atoms with Gasteiger partial charge in [0.2, 0.25) is 0 Å². The highest BCUT2D eigenvalue weighted by atomic mass is 35.5. The highest BCUT2D eigenvalue weighted by Crippen LogP contribution is 2.20. The van der Waals surface area contributed by atoms with E-state index in [0.717, 1.165) is 5.69 Å². The molecular formula is C12H17ClN2O2S. The second-order valence-corrected chi connectivity index (χ2v) is 4.44. The number of benzene rings is 1. The summed E-state index contributed by atoms with van der Waals surface area (Å²) in [7, 11) is 1.65. The van der Waals surface area contributed by atoms with Crippen molar-refractivity contribution in [3.05, 3.63) is 28.8 Å². The monoisotopic (exact) mass is 288 g/mol. The maximum atomic E-state index is 6.05. The molecule has 0 aliphatic rings. The summed E-state index contributed by atoms with van der Waals surface area (Å²) in [5.74, 6) is 0. The number of hydrogen-bond donors (Lipinski definition) is 2. The van der Waals surface area contributed by atoms with Gasteiger partial charge in [0, 0.05) is 24.9 Å². The Balaban J connectivity index is 2.35. The quantitative estimate of drug-likeness (QED) is 0.566. The van der Waals surface area contributed by atoms with Crippen LogP contribution < -0.4 is 11.1 Å². The highest BCUT2D eigenvalue weighted by Gasteiger charge is 2.03. The van der Waals surface area contributed by atoms with E-state index in [1.807, 2.05) is 6.07 Å². The third kappa shape index (κ3) is 5.18. The Labute approximate surface area is 117 Å². The highest BCUT2D eigenvalue weighted by molar-refractivity contribution is 7.80. The van der Waals surface area contributed by atoms with Crippen LogP contribution in [0.2, 0.25) is 5.02 Å². The first kappa shape index (κ1) is 15.2. The van der Waals surface area contributed by atoms with Crippen LogP contribution in [0, 0.1) is 0 Å². The van der Waals surface area contributed by atoms with E-state index in [1.165, 1.54) is 0 Å². The molecule has 0 radical (unpaired) electrons. The summed E-state index contributed by atoms with van der Waals surface area (Å²) >= 11 is 10.9. The molecule has 0 amide bonds. The van der Waals surface area contributed by atoms with Crippen molar-refractivity contribution < 1.29 is 9.47 Å². The SMILES string of the molecule is COCCOCCNc1ccc(C(N)=S)c(Cl)c1. The van der Waals surface area contributed by atoms with Crippen molar-refractivity contribution in [2.45, 2.75) is 0 Å². The van der Waals surface area contributed by atoms with E-state index in [9.17, 15) is 0 Å². The molecule has 0 fully saturated rings. The molecule has 6 heteroatoms. The summed E-state index contributed by atoms with van der Waals surface area (Å²) in [4.78, 5) is 0.300. The standard InChI is InChI=1S/C12H17ClN2O2S/c1-16-6-7-17-5-4-15-9-2-3-10(12(14)18)11(13)8-9/h2-3,8,15H,4-7H2,1H3,(H2,14,18). The number of nitrogens with one attached hydrogen (secondary N) is 1. The molecule has 3 N–H and O–H groups in total. The van der Waals surface area contributed by atoms with Gasteiger partial charge < -0.3 is 20.5 Å². The minimum Gasteiger partial charge on any atom is -0.389 e. The van der Waals surface area contributed by atoms with E-state index >= 15 is 0 Å². The zero-order valence-corrected chi connectivity index (χ0v) is 11.8. The summed E-state index contributed by atoms with van der Waals surface area (Å²) in [6, 6.07) is 5.49. The van der Waals surface area contributed by atoms with Gasteiger partial charge >= 0.3 is 0 Å². The maximum absolute atomic E-state index is 6.05. The van der Waals surface area contributed by atoms with Crippen molar-refractivity contribution in [2.75, 3.05) is 38.8 Å². The molecule has 18 heavy (non-hydrogen) atoms. The van der Waals surface area contributed by atoms with Crippen LogP contribution in [0.15, 0.2) is 18.2 Å². The fraction of sp³-hybridized carbons (Fsp3) is 0.417. The fourth-order valence-electron chi connectivity index (χ4n) is 1.34. The van der Waals surface area contributed by atoms with Crippen LogP contribution in [0.3, 0.4) is 0 Å². The molecule has 0 saturated heterocycles. The second-order valence-electron chi connectivity index (χ2n) is 3.59. The lowest BCUT2D eigenvalue weighted by Crippen LogP contribution is -2.13. The topological polar surface area (TPSA) is 56.5 Å². The Morgan fingerprint density at radius 2 is 2.17 bits per heavy atom. The summed E-state index contributed by atoms with van der Waals surface area (Å²) in [5.41, 5.74) is 7.13. The zero-order chi connectivity index (χ0) is 13.4. The fourth-order valence-corrected chi connectivity index (χ4v) is 1.85. The van der Waals surface area contributed by atoms with Crippen molar-refractivity contribution in [2.24, 2.45) is 5.73 Å². The van der Waals surface area contributed by atoms with Gasteiger partial charge in [-0.3, -0.25) is 0 Å². The number of anilines is 1. The van der Waals surface area contributed by atoms with Gasteiger partial charge in [-0.05, 0) is 18.2 Å². The molecule has 0 aliphatic carbocycles. The van der Waals surface area contributed by atoms with Crippen LogP contribution in [-0.2, 0) is 9.47 Å². The first-order valence-corrected chi connectivity index (χ1v) is 6.33. The number of rotatable bonds is 8. The lowest BCUT2D eigenvalue weighted by Gasteiger charge is -2.09. The molecular weight excluding hydrogens is 272 g/mol. The number of nitrogens with two attached hydrogens (primary N) is 1. The van der Waals surface area contributed by atoms with Crippen LogP contribution in [0.25, 0.3) is 0 Å². The molecule has 0 unspecified atom stereocenters. The Kier molecular flexibility index (Phi) is 6.97. The predicted molar refractivity (Wildman–Crippen MR) is 78.5 cm³/mol. The normalized spacial score (nSPS) is 10.3. The average molecular weight is 289 g/mol. The smallest absolute Gasteiger partial charge is 0.105 e. The summed E-state index contributed by atoms with van der Waals surface area (Å²) in [5, 5.41) is 3.74. The molecule has 100 valence electrons. The van der Waals surface area contributed by atoms with Crippen LogP contribution in [0.1, 0.15) is 5.56 Å². The van der Waals surface area contributed by atoms with Gasteiger partial charge in [-0.15, -0.1) is 0 Å². The largest absolute Gasteiger partial charge is 0.389 e. The molecule has 1 aromatic carbocycles. The summed E-state index contributed by atoms with van der Waals surface area (Å²) in [6.07, 6.45) is 0. The Morgan fingerprint density at radius 1 is 1.39 bits per heavy atom. The van der Waals surface area contributed by atoms with Crippen LogP contribution in [0.5, 0.6) is 0 Å². The van der Waals surface area contributed by atoms with E-state index in [2.05, 4.69) is 5.32 Å². The second kappa shape index (κ2) is 8.26. The van der Waals surface area contributed by atoms with Gasteiger partial charge in [0.1, 0.15) is 4.99 Å². The van der Waals surface area contributed by atoms with Crippen molar-refractivity contribution in [1.29, 1.82) is 0 Å². The average Bonchev–Trinajstić information content (AvgIpc) is 2.33. The molecule has 0 aromatic heterocycles. The van der Waals surface area contributed by atoms with Crippen molar-refractivity contribution in [1.82, 2.24) is 0 Å². The molecule has 0 spiro atoms. The molecule has 0 aliphatic heterocycles. The van der Waals surface area contributed by atoms with Gasteiger partial charge in [-0.25, -0.2) is 0 Å². The van der Waals surface area contributed by atoms with E-state index in [4.69, 9.17) is 39.0 Å². The molecule has 0 saturated carbocycles. The third-order valence-electron chi connectivity index (χ3n) is 2.24. The number of hydrogen-bond acceptors (Lipinski definition) is 4. The summed E-state index contributed by atoms with van der Waals surface area (Å²) < 4.78 is 10.2. The third-order valence-corrected chi connectivity index (χ3v) is 2.77. The van der Waals surface area contributed by atoms with Gasteiger partial charge in [0.25, 0.3) is 0 Å². The number of thiocarbonyl (C=S) groups is 1. The first-order valence-electron chi connectivity index (χ1n) is 5.55. The first-order chi connectivity index (χ1) is 8.65. The molecule has 0 bridgehead atoms. The van der Waals surface area contributed by atoms with Crippen molar-refractivity contribution in [3.63, 3.8) is 0 Å². The predicted octanol–water partition coefficient (Wildman–Crippen LogP) is 2.05. The van der Waals surface area contributed by atoms with Crippen molar-refractivity contribution >= 4 is 34.5 Å². The maximum Gasteiger partial charge on any atom is 0.105 e. The Hall–Kier alpha value is -0.880. The number of ether oxygens (including phenoxy) is 2. The minimum atomic E-state index is 0.300. The molecule has 1 rings (SSSR count). The van der Waals surface area contributed by atoms with Gasteiger partial charge in [-0.2, -0.15) is 0 Å². The lowest BCUT2D eigenvalue weighted by molar-refractivity contribution is 0.0759. The van der Waals surface area contributed by atoms with E-state index < -0.39 is 0 Å². The van der Waals surface area contributed by atoms with Crippen LogP contribution in [0.4, 0.5) is 5.69 Å². The van der Waals surface area contributed by atoms with Crippen LogP contribution >= 0.6 is 23.8 Å². The van der Waals surface area contributed by atoms with Crippen molar-refractivity contribution in [3.8, 4) is 0 Å². The lowest BCUT2D eigenvalue weighted by atomic mass is 10.2. The number of halogens is 1. The molecule has 4 nitrogen and oxygen atoms in total.